The van der Waals surface area contributed by atoms with Crippen LogP contribution in [0, 0.1) is 6.92 Å². The van der Waals surface area contributed by atoms with Crippen molar-refractivity contribution in [2.75, 3.05) is 32.8 Å². The van der Waals surface area contributed by atoms with E-state index in [1.807, 2.05) is 13.8 Å². The normalized spacial score (nSPS) is 12.3. The largest absolute Gasteiger partial charge is 0.493 e. The summed E-state index contributed by atoms with van der Waals surface area (Å²) in [7, 11) is 0. The molecule has 0 radical (unpaired) electrons. The number of aliphatic hydroxyl groups is 1. The Bertz CT molecular complexity index is 1000. The van der Waals surface area contributed by atoms with Crippen LogP contribution in [0.25, 0.3) is 0 Å². The van der Waals surface area contributed by atoms with Crippen molar-refractivity contribution in [2.45, 2.75) is 105 Å². The second kappa shape index (κ2) is 14.7. The van der Waals surface area contributed by atoms with E-state index in [2.05, 4.69) is 86.8 Å². The van der Waals surface area contributed by atoms with Crippen molar-refractivity contribution in [3.63, 3.8) is 0 Å². The maximum absolute atomic E-state index is 13.2. The number of nitrogens with one attached hydrogen (secondary N) is 1. The molecule has 0 aliphatic rings. The van der Waals surface area contributed by atoms with Crippen molar-refractivity contribution in [3.8, 4) is 5.75 Å². The molecule has 1 amide bonds. The van der Waals surface area contributed by atoms with Crippen LogP contribution in [0.1, 0.15) is 108 Å². The van der Waals surface area contributed by atoms with Gasteiger partial charge in [-0.25, -0.2) is 0 Å². The number of aromatic nitrogens is 1. The molecule has 0 saturated heterocycles. The third-order valence-corrected chi connectivity index (χ3v) is 8.71. The average molecular weight is 528 g/mol. The van der Waals surface area contributed by atoms with Gasteiger partial charge in [-0.2, -0.15) is 0 Å². The number of likely N-dealkylation sites (N-methyl/N-ethyl adjacent to an activating group) is 1. The fourth-order valence-electron chi connectivity index (χ4n) is 5.48. The Kier molecular flexibility index (Phi) is 12.4. The molecule has 0 aliphatic heterocycles. The van der Waals surface area contributed by atoms with Gasteiger partial charge in [-0.05, 0) is 81.4 Å². The van der Waals surface area contributed by atoms with Crippen molar-refractivity contribution in [2.24, 2.45) is 0 Å². The number of aryl methyl sites for hydroxylation is 2. The zero-order valence-corrected chi connectivity index (χ0v) is 25.3. The molecule has 0 atom stereocenters. The first-order valence-corrected chi connectivity index (χ1v) is 14.8. The number of amides is 1. The first-order chi connectivity index (χ1) is 18.2. The van der Waals surface area contributed by atoms with Crippen LogP contribution >= 0.6 is 0 Å². The lowest BCUT2D eigenvalue weighted by Gasteiger charge is -2.33. The number of hydrogen-bond acceptors (Lipinski definition) is 4. The summed E-state index contributed by atoms with van der Waals surface area (Å²) in [4.78, 5) is 15.5. The molecule has 6 heteroatoms. The predicted molar refractivity (Wildman–Crippen MR) is 158 cm³/mol. The molecular weight excluding hydrogens is 474 g/mol. The molecule has 2 aromatic rings. The first-order valence-electron chi connectivity index (χ1n) is 14.8. The smallest absolute Gasteiger partial charge is 0.267 e. The van der Waals surface area contributed by atoms with E-state index < -0.39 is 5.60 Å². The highest BCUT2D eigenvalue weighted by molar-refractivity contribution is 5.93. The fraction of sp³-hybridized carbons (Fsp3) is 0.656. The zero-order chi connectivity index (χ0) is 28.3. The quantitative estimate of drug-likeness (QED) is 0.253. The van der Waals surface area contributed by atoms with E-state index in [1.165, 1.54) is 11.1 Å². The molecule has 0 unspecified atom stereocenters. The maximum atomic E-state index is 13.2. The molecule has 0 saturated carbocycles. The van der Waals surface area contributed by atoms with E-state index in [4.69, 9.17) is 4.74 Å². The average Bonchev–Trinajstić information content (AvgIpc) is 3.38. The second-order valence-electron chi connectivity index (χ2n) is 10.5. The van der Waals surface area contributed by atoms with Crippen molar-refractivity contribution >= 4 is 5.91 Å². The van der Waals surface area contributed by atoms with Gasteiger partial charge in [0.25, 0.3) is 5.91 Å². The summed E-state index contributed by atoms with van der Waals surface area (Å²) in [5.74, 6) is 0.856. The molecular formula is C32H53N3O3. The minimum absolute atomic E-state index is 0.00888. The van der Waals surface area contributed by atoms with Gasteiger partial charge in [-0.3, -0.25) is 4.79 Å². The molecule has 1 heterocycles. The number of carbonyl (C=O) groups excluding carboxylic acids is 1. The fourth-order valence-corrected chi connectivity index (χ4v) is 5.48. The lowest BCUT2D eigenvalue weighted by molar-refractivity contribution is 0.0116. The van der Waals surface area contributed by atoms with Crippen molar-refractivity contribution in [1.82, 2.24) is 14.8 Å². The second-order valence-corrected chi connectivity index (χ2v) is 10.5. The number of benzene rings is 1. The highest BCUT2D eigenvalue weighted by Gasteiger charge is 2.33. The number of rotatable bonds is 17. The molecule has 0 spiro atoms. The Hall–Kier alpha value is -2.31. The van der Waals surface area contributed by atoms with Gasteiger partial charge < -0.3 is 24.6 Å². The van der Waals surface area contributed by atoms with Gasteiger partial charge in [0.2, 0.25) is 0 Å². The molecule has 0 aliphatic carbocycles. The van der Waals surface area contributed by atoms with Gasteiger partial charge in [-0.15, -0.1) is 0 Å². The van der Waals surface area contributed by atoms with E-state index in [9.17, 15) is 9.90 Å². The van der Waals surface area contributed by atoms with Crippen LogP contribution in [0.2, 0.25) is 0 Å². The van der Waals surface area contributed by atoms with Crippen LogP contribution in [-0.2, 0) is 12.0 Å². The number of hydrogen-bond donors (Lipinski definition) is 2. The van der Waals surface area contributed by atoms with Gasteiger partial charge in [0, 0.05) is 37.7 Å². The summed E-state index contributed by atoms with van der Waals surface area (Å²) >= 11 is 0. The highest BCUT2D eigenvalue weighted by Crippen LogP contribution is 2.41. The molecule has 2 rings (SSSR count). The predicted octanol–water partition coefficient (Wildman–Crippen LogP) is 6.31. The zero-order valence-electron chi connectivity index (χ0n) is 25.3. The van der Waals surface area contributed by atoms with Gasteiger partial charge >= 0.3 is 0 Å². The molecule has 6 nitrogen and oxygen atoms in total. The third-order valence-electron chi connectivity index (χ3n) is 8.71. The Morgan fingerprint density at radius 1 is 0.974 bits per heavy atom. The number of nitrogens with zero attached hydrogens (tertiary/aromatic N) is 2. The van der Waals surface area contributed by atoms with E-state index in [-0.39, 0.29) is 11.3 Å². The minimum Gasteiger partial charge on any atom is -0.493 e. The topological polar surface area (TPSA) is 66.7 Å². The third kappa shape index (κ3) is 7.41. The van der Waals surface area contributed by atoms with E-state index >= 15 is 0 Å². The van der Waals surface area contributed by atoms with Gasteiger partial charge in [0.05, 0.1) is 12.2 Å². The summed E-state index contributed by atoms with van der Waals surface area (Å²) in [5, 5.41) is 13.7. The molecule has 0 fully saturated rings. The molecule has 2 N–H and O–H groups in total. The van der Waals surface area contributed by atoms with E-state index in [0.29, 0.717) is 19.6 Å². The van der Waals surface area contributed by atoms with Crippen LogP contribution in [0.5, 0.6) is 5.75 Å². The molecule has 214 valence electrons. The Morgan fingerprint density at radius 3 is 2.16 bits per heavy atom. The lowest BCUT2D eigenvalue weighted by Crippen LogP contribution is -2.35. The van der Waals surface area contributed by atoms with Crippen molar-refractivity contribution < 1.29 is 14.6 Å². The number of carbonyl (C=O) groups is 1. The molecule has 38 heavy (non-hydrogen) atoms. The SMILES string of the molecule is CCN(CC)CCNC(=O)c1cc(C(CC)(CC)c2ccc(OCCC(O)(CC)CC)c(C)c2)cn1CC. The summed E-state index contributed by atoms with van der Waals surface area (Å²) in [6.07, 6.45) is 6.11. The minimum atomic E-state index is -0.658. The van der Waals surface area contributed by atoms with Gasteiger partial charge in [0.1, 0.15) is 11.4 Å². The Balaban J connectivity index is 2.28. The monoisotopic (exact) mass is 527 g/mol. The van der Waals surface area contributed by atoms with Gasteiger partial charge in [0.15, 0.2) is 0 Å². The van der Waals surface area contributed by atoms with Crippen LogP contribution < -0.4 is 10.1 Å². The molecule has 1 aromatic heterocycles. The first kappa shape index (κ1) is 31.9. The van der Waals surface area contributed by atoms with Crippen molar-refractivity contribution in [1.29, 1.82) is 0 Å². The molecule has 1 aromatic carbocycles. The summed E-state index contributed by atoms with van der Waals surface area (Å²) in [5.41, 5.74) is 3.40. The Morgan fingerprint density at radius 2 is 1.63 bits per heavy atom. The van der Waals surface area contributed by atoms with Crippen LogP contribution in [-0.4, -0.2) is 58.9 Å². The van der Waals surface area contributed by atoms with Crippen LogP contribution in [0.3, 0.4) is 0 Å². The van der Waals surface area contributed by atoms with Crippen LogP contribution in [0.15, 0.2) is 30.5 Å². The van der Waals surface area contributed by atoms with E-state index in [1.54, 1.807) is 0 Å². The maximum Gasteiger partial charge on any atom is 0.267 e. The summed E-state index contributed by atoms with van der Waals surface area (Å²) in [6.45, 7) is 21.7. The summed E-state index contributed by atoms with van der Waals surface area (Å²) in [6, 6.07) is 8.58. The molecule has 0 bridgehead atoms. The number of ether oxygens (including phenoxy) is 1. The van der Waals surface area contributed by atoms with Crippen molar-refractivity contribution in [3.05, 3.63) is 52.8 Å². The van der Waals surface area contributed by atoms with Crippen LogP contribution in [0.4, 0.5) is 0 Å². The van der Waals surface area contributed by atoms with E-state index in [0.717, 1.165) is 68.9 Å². The Labute approximate surface area is 231 Å². The van der Waals surface area contributed by atoms with Gasteiger partial charge in [-0.1, -0.05) is 53.7 Å². The standard InChI is InChI=1S/C32H53N3O3/c1-9-31(37,10-2)18-21-38-29-17-16-26(22-25(29)8)32(11-3,12-4)27-23-28(35(15-7)24-27)30(36)33-19-20-34(13-5)14-6/h16-17,22-24,37H,9-15,18-21H2,1-8H3,(H,33,36). The highest BCUT2D eigenvalue weighted by atomic mass is 16.5. The lowest BCUT2D eigenvalue weighted by atomic mass is 9.71. The summed E-state index contributed by atoms with van der Waals surface area (Å²) < 4.78 is 8.18.